The average Bonchev–Trinajstić information content (AvgIpc) is 2.66. The number of halogens is 2. The summed E-state index contributed by atoms with van der Waals surface area (Å²) in [4.78, 5) is 3.97. The predicted molar refractivity (Wildman–Crippen MR) is 57.3 cm³/mol. The van der Waals surface area contributed by atoms with Crippen LogP contribution in [-0.4, -0.2) is 10.1 Å². The number of rotatable bonds is 2. The van der Waals surface area contributed by atoms with Crippen LogP contribution in [0.3, 0.4) is 0 Å². The second-order valence-electron chi connectivity index (χ2n) is 3.34. The number of hydrogen-bond acceptors (Lipinski definition) is 4. The Balaban J connectivity index is 2.50. The molecule has 0 saturated heterocycles. The van der Waals surface area contributed by atoms with Crippen molar-refractivity contribution in [3.8, 4) is 11.4 Å². The van der Waals surface area contributed by atoms with Gasteiger partial charge in [0.25, 0.3) is 0 Å². The Morgan fingerprint density at radius 3 is 2.81 bits per heavy atom. The van der Waals surface area contributed by atoms with Gasteiger partial charge in [-0.2, -0.15) is 4.98 Å². The molecule has 0 aliphatic carbocycles. The molecule has 2 aromatic rings. The van der Waals surface area contributed by atoms with Gasteiger partial charge in [-0.25, -0.2) is 4.39 Å². The van der Waals surface area contributed by atoms with Crippen molar-refractivity contribution in [3.63, 3.8) is 0 Å². The highest BCUT2D eigenvalue weighted by Gasteiger charge is 2.17. The Kier molecular flexibility index (Phi) is 2.89. The van der Waals surface area contributed by atoms with Crippen LogP contribution in [0.4, 0.5) is 4.39 Å². The third-order valence-corrected chi connectivity index (χ3v) is 2.33. The molecule has 0 saturated carbocycles. The lowest BCUT2D eigenvalue weighted by Crippen LogP contribution is -2.04. The highest BCUT2D eigenvalue weighted by atomic mass is 35.5. The largest absolute Gasteiger partial charge is 0.337 e. The number of nitrogens with zero attached hydrogens (tertiary/aromatic N) is 2. The minimum absolute atomic E-state index is 0.107. The van der Waals surface area contributed by atoms with Gasteiger partial charge >= 0.3 is 0 Å². The summed E-state index contributed by atoms with van der Waals surface area (Å²) in [6.45, 7) is 1.69. The lowest BCUT2D eigenvalue weighted by molar-refractivity contribution is 0.362. The fourth-order valence-electron chi connectivity index (χ4n) is 1.23. The van der Waals surface area contributed by atoms with Crippen molar-refractivity contribution in [3.05, 3.63) is 34.9 Å². The van der Waals surface area contributed by atoms with Crippen LogP contribution in [0.1, 0.15) is 18.9 Å². The Hall–Kier alpha value is -1.46. The molecule has 0 spiro atoms. The number of nitrogens with two attached hydrogens (primary N) is 1. The first-order valence-electron chi connectivity index (χ1n) is 4.63. The van der Waals surface area contributed by atoms with Crippen molar-refractivity contribution < 1.29 is 8.91 Å². The molecule has 84 valence electrons. The highest BCUT2D eigenvalue weighted by Crippen LogP contribution is 2.28. The summed E-state index contributed by atoms with van der Waals surface area (Å²) in [5.74, 6) is -0.144. The molecule has 4 nitrogen and oxygen atoms in total. The molecule has 16 heavy (non-hydrogen) atoms. The Labute approximate surface area is 96.2 Å². The normalized spacial score (nSPS) is 12.8. The van der Waals surface area contributed by atoms with Gasteiger partial charge in [-0.05, 0) is 19.1 Å². The maximum Gasteiger partial charge on any atom is 0.243 e. The molecule has 0 radical (unpaired) electrons. The summed E-state index contributed by atoms with van der Waals surface area (Å²) >= 11 is 5.86. The first-order chi connectivity index (χ1) is 7.59. The zero-order chi connectivity index (χ0) is 11.7. The van der Waals surface area contributed by atoms with Crippen molar-refractivity contribution >= 4 is 11.6 Å². The highest BCUT2D eigenvalue weighted by molar-refractivity contribution is 6.33. The number of benzene rings is 1. The van der Waals surface area contributed by atoms with Gasteiger partial charge in [0.2, 0.25) is 11.7 Å². The third kappa shape index (κ3) is 1.91. The standard InChI is InChI=1S/C10H9ClFN3O/c1-5(13)10-14-9(15-16-10)8-6(11)3-2-4-7(8)12/h2-5H,13H2,1H3/t5-/m1/s1. The van der Waals surface area contributed by atoms with Crippen molar-refractivity contribution in [2.24, 2.45) is 5.73 Å². The molecule has 2 rings (SSSR count). The van der Waals surface area contributed by atoms with Crippen LogP contribution < -0.4 is 5.73 Å². The van der Waals surface area contributed by atoms with Crippen molar-refractivity contribution in [1.29, 1.82) is 0 Å². The van der Waals surface area contributed by atoms with Crippen LogP contribution in [0.15, 0.2) is 22.7 Å². The minimum Gasteiger partial charge on any atom is -0.337 e. The first-order valence-corrected chi connectivity index (χ1v) is 5.01. The number of aromatic nitrogens is 2. The van der Waals surface area contributed by atoms with Gasteiger partial charge in [0.15, 0.2) is 0 Å². The molecule has 1 atom stereocenters. The average molecular weight is 242 g/mol. The van der Waals surface area contributed by atoms with Gasteiger partial charge in [0.1, 0.15) is 5.82 Å². The lowest BCUT2D eigenvalue weighted by Gasteiger charge is -1.99. The molecule has 0 aliphatic rings. The van der Waals surface area contributed by atoms with E-state index in [2.05, 4.69) is 10.1 Å². The van der Waals surface area contributed by atoms with Crippen LogP contribution in [-0.2, 0) is 0 Å². The molecule has 0 fully saturated rings. The van der Waals surface area contributed by atoms with E-state index in [0.717, 1.165) is 0 Å². The summed E-state index contributed by atoms with van der Waals surface area (Å²) in [7, 11) is 0. The first kappa shape index (κ1) is 11.0. The maximum absolute atomic E-state index is 13.5. The zero-order valence-corrected chi connectivity index (χ0v) is 9.20. The van der Waals surface area contributed by atoms with E-state index in [9.17, 15) is 4.39 Å². The monoisotopic (exact) mass is 241 g/mol. The van der Waals surface area contributed by atoms with Crippen LogP contribution in [0.25, 0.3) is 11.4 Å². The predicted octanol–water partition coefficient (Wildman–Crippen LogP) is 2.55. The zero-order valence-electron chi connectivity index (χ0n) is 8.45. The van der Waals surface area contributed by atoms with E-state index >= 15 is 0 Å². The van der Waals surface area contributed by atoms with Crippen LogP contribution in [0, 0.1) is 5.82 Å². The smallest absolute Gasteiger partial charge is 0.243 e. The van der Waals surface area contributed by atoms with Crippen LogP contribution >= 0.6 is 11.6 Å². The maximum atomic E-state index is 13.5. The molecule has 6 heteroatoms. The van der Waals surface area contributed by atoms with Crippen LogP contribution in [0.2, 0.25) is 5.02 Å². The SMILES string of the molecule is C[C@@H](N)c1nc(-c2c(F)cccc2Cl)no1. The van der Waals surface area contributed by atoms with Crippen molar-refractivity contribution in [2.75, 3.05) is 0 Å². The second-order valence-corrected chi connectivity index (χ2v) is 3.75. The molecule has 0 bridgehead atoms. The van der Waals surface area contributed by atoms with Gasteiger partial charge in [-0.3, -0.25) is 0 Å². The van der Waals surface area contributed by atoms with E-state index in [1.807, 2.05) is 0 Å². The molecule has 1 heterocycles. The van der Waals surface area contributed by atoms with Gasteiger partial charge in [-0.1, -0.05) is 22.8 Å². The summed E-state index contributed by atoms with van der Waals surface area (Å²) in [6.07, 6.45) is 0. The number of hydrogen-bond donors (Lipinski definition) is 1. The minimum atomic E-state index is -0.496. The summed E-state index contributed by atoms with van der Waals surface area (Å²) < 4.78 is 18.4. The molecule has 2 N–H and O–H groups in total. The summed E-state index contributed by atoms with van der Waals surface area (Å²) in [5, 5.41) is 3.87. The topological polar surface area (TPSA) is 64.9 Å². The van der Waals surface area contributed by atoms with E-state index in [-0.39, 0.29) is 22.3 Å². The molecule has 0 amide bonds. The molecule has 1 aromatic carbocycles. The fraction of sp³-hybridized carbons (Fsp3) is 0.200. The van der Waals surface area contributed by atoms with E-state index in [0.29, 0.717) is 0 Å². The third-order valence-electron chi connectivity index (χ3n) is 2.02. The molecule has 0 unspecified atom stereocenters. The van der Waals surface area contributed by atoms with Gasteiger partial charge in [0.05, 0.1) is 16.6 Å². The van der Waals surface area contributed by atoms with Crippen molar-refractivity contribution in [1.82, 2.24) is 10.1 Å². The molecular weight excluding hydrogens is 233 g/mol. The Morgan fingerprint density at radius 1 is 1.50 bits per heavy atom. The van der Waals surface area contributed by atoms with Crippen LogP contribution in [0.5, 0.6) is 0 Å². The Morgan fingerprint density at radius 2 is 2.25 bits per heavy atom. The molecule has 1 aromatic heterocycles. The fourth-order valence-corrected chi connectivity index (χ4v) is 1.48. The summed E-state index contributed by atoms with van der Waals surface area (Å²) in [5.41, 5.74) is 5.68. The van der Waals surface area contributed by atoms with E-state index in [4.69, 9.17) is 21.9 Å². The molecular formula is C10H9ClFN3O. The molecule has 0 aliphatic heterocycles. The quantitative estimate of drug-likeness (QED) is 0.878. The summed E-state index contributed by atoms with van der Waals surface area (Å²) in [6, 6.07) is 3.95. The lowest BCUT2D eigenvalue weighted by atomic mass is 10.2. The van der Waals surface area contributed by atoms with Crippen molar-refractivity contribution in [2.45, 2.75) is 13.0 Å². The Bertz CT molecular complexity index is 492. The van der Waals surface area contributed by atoms with E-state index in [1.165, 1.54) is 12.1 Å². The van der Waals surface area contributed by atoms with E-state index in [1.54, 1.807) is 13.0 Å². The van der Waals surface area contributed by atoms with Gasteiger partial charge in [0, 0.05) is 0 Å². The van der Waals surface area contributed by atoms with E-state index < -0.39 is 11.9 Å². The van der Waals surface area contributed by atoms with Gasteiger partial charge in [-0.15, -0.1) is 0 Å². The second kappa shape index (κ2) is 4.19. The van der Waals surface area contributed by atoms with Gasteiger partial charge < -0.3 is 10.3 Å².